The zero-order valence-electron chi connectivity index (χ0n) is 16.2. The van der Waals surface area contributed by atoms with E-state index in [0.717, 1.165) is 42.9 Å². The molecule has 3 aromatic rings. The summed E-state index contributed by atoms with van der Waals surface area (Å²) in [4.78, 5) is 22.3. The minimum absolute atomic E-state index is 0.0909. The average molecular weight is 386 g/mol. The van der Waals surface area contributed by atoms with E-state index in [4.69, 9.17) is 4.98 Å². The normalized spacial score (nSPS) is 17.6. The Labute approximate surface area is 169 Å². The highest BCUT2D eigenvalue weighted by molar-refractivity contribution is 6.04. The van der Waals surface area contributed by atoms with Gasteiger partial charge in [0.1, 0.15) is 0 Å². The van der Waals surface area contributed by atoms with E-state index in [-0.39, 0.29) is 12.1 Å². The van der Waals surface area contributed by atoms with Gasteiger partial charge in [0.15, 0.2) is 11.6 Å². The Morgan fingerprint density at radius 1 is 1.17 bits per heavy atom. The van der Waals surface area contributed by atoms with E-state index in [2.05, 4.69) is 51.6 Å². The lowest BCUT2D eigenvalue weighted by molar-refractivity contribution is 0.252. The number of aromatic nitrogens is 3. The fourth-order valence-electron chi connectivity index (χ4n) is 4.19. The highest BCUT2D eigenvalue weighted by atomic mass is 16.2. The summed E-state index contributed by atoms with van der Waals surface area (Å²) in [5.41, 5.74) is 4.10. The molecule has 0 radical (unpaired) electrons. The van der Waals surface area contributed by atoms with Gasteiger partial charge in [-0.05, 0) is 50.1 Å². The number of aryl methyl sites for hydroxylation is 1. The molecule has 1 fully saturated rings. The zero-order valence-corrected chi connectivity index (χ0v) is 16.2. The Morgan fingerprint density at radius 2 is 2.10 bits per heavy atom. The third kappa shape index (κ3) is 3.29. The highest BCUT2D eigenvalue weighted by Crippen LogP contribution is 2.39. The molecule has 1 aromatic carbocycles. The first-order valence-corrected chi connectivity index (χ1v) is 9.90. The maximum Gasteiger partial charge on any atom is 0.329 e. The maximum atomic E-state index is 13.2. The van der Waals surface area contributed by atoms with Crippen molar-refractivity contribution in [2.45, 2.75) is 25.8 Å². The molecule has 2 aliphatic rings. The van der Waals surface area contributed by atoms with E-state index in [1.165, 1.54) is 5.56 Å². The van der Waals surface area contributed by atoms with Crippen LogP contribution in [0.4, 0.5) is 22.1 Å². The van der Waals surface area contributed by atoms with Crippen molar-refractivity contribution >= 4 is 23.4 Å². The summed E-state index contributed by atoms with van der Waals surface area (Å²) in [5.74, 6) is 1.15. The summed E-state index contributed by atoms with van der Waals surface area (Å²) in [5, 5.41) is 10.7. The molecular formula is C22H22N6O. The molecule has 0 aliphatic carbocycles. The molecule has 2 amide bonds. The van der Waals surface area contributed by atoms with E-state index in [1.54, 1.807) is 23.2 Å². The van der Waals surface area contributed by atoms with Gasteiger partial charge in [-0.15, -0.1) is 5.10 Å². The fourth-order valence-corrected chi connectivity index (χ4v) is 4.19. The van der Waals surface area contributed by atoms with Crippen LogP contribution in [0.1, 0.15) is 18.4 Å². The number of benzene rings is 1. The van der Waals surface area contributed by atoms with Crippen LogP contribution in [0.3, 0.4) is 0 Å². The van der Waals surface area contributed by atoms with Crippen molar-refractivity contribution in [3.63, 3.8) is 0 Å². The van der Waals surface area contributed by atoms with Crippen LogP contribution in [-0.4, -0.2) is 40.3 Å². The fraction of sp³-hybridized carbons (Fsp3) is 0.273. The monoisotopic (exact) mass is 386 g/mol. The van der Waals surface area contributed by atoms with Gasteiger partial charge in [0.2, 0.25) is 0 Å². The van der Waals surface area contributed by atoms with Crippen LogP contribution in [0.5, 0.6) is 0 Å². The van der Waals surface area contributed by atoms with Crippen LogP contribution in [0.15, 0.2) is 54.7 Å². The Balaban J connectivity index is 1.56. The van der Waals surface area contributed by atoms with Crippen LogP contribution >= 0.6 is 0 Å². The van der Waals surface area contributed by atoms with Crippen LogP contribution in [-0.2, 0) is 0 Å². The lowest BCUT2D eigenvalue weighted by Crippen LogP contribution is -2.56. The number of rotatable bonds is 2. The van der Waals surface area contributed by atoms with Gasteiger partial charge in [0.25, 0.3) is 0 Å². The number of urea groups is 1. The van der Waals surface area contributed by atoms with Gasteiger partial charge in [0.05, 0.1) is 17.4 Å². The second-order valence-electron chi connectivity index (χ2n) is 7.56. The van der Waals surface area contributed by atoms with Crippen LogP contribution in [0.25, 0.3) is 11.3 Å². The van der Waals surface area contributed by atoms with E-state index in [0.29, 0.717) is 11.6 Å². The molecule has 4 heterocycles. The lowest BCUT2D eigenvalue weighted by Gasteiger charge is -2.45. The second kappa shape index (κ2) is 7.16. The molecular weight excluding hydrogens is 364 g/mol. The number of carbonyl (C=O) groups excluding carboxylic acids is 1. The molecule has 146 valence electrons. The molecule has 2 bridgehead atoms. The summed E-state index contributed by atoms with van der Waals surface area (Å²) in [6.07, 6.45) is 3.60. The first-order valence-electron chi connectivity index (χ1n) is 9.90. The average Bonchev–Trinajstić information content (AvgIpc) is 2.74. The third-order valence-electron chi connectivity index (χ3n) is 5.53. The van der Waals surface area contributed by atoms with Crippen molar-refractivity contribution in [3.8, 4) is 11.3 Å². The number of nitrogens with one attached hydrogen (secondary N) is 1. The molecule has 0 spiro atoms. The number of fused-ring (bicyclic) bond motifs is 4. The largest absolute Gasteiger partial charge is 0.366 e. The molecule has 5 rings (SSSR count). The van der Waals surface area contributed by atoms with Gasteiger partial charge in [-0.25, -0.2) is 9.78 Å². The second-order valence-corrected chi connectivity index (χ2v) is 7.56. The summed E-state index contributed by atoms with van der Waals surface area (Å²) < 4.78 is 0. The van der Waals surface area contributed by atoms with Crippen molar-refractivity contribution in [2.24, 2.45) is 0 Å². The highest BCUT2D eigenvalue weighted by Gasteiger charge is 2.38. The number of anilines is 3. The van der Waals surface area contributed by atoms with E-state index < -0.39 is 0 Å². The minimum Gasteiger partial charge on any atom is -0.366 e. The Morgan fingerprint density at radius 3 is 2.93 bits per heavy atom. The van der Waals surface area contributed by atoms with Gasteiger partial charge in [-0.3, -0.25) is 10.2 Å². The predicted molar refractivity (Wildman–Crippen MR) is 113 cm³/mol. The van der Waals surface area contributed by atoms with Gasteiger partial charge in [0, 0.05) is 24.8 Å². The topological polar surface area (TPSA) is 74.2 Å². The van der Waals surface area contributed by atoms with Crippen molar-refractivity contribution in [1.29, 1.82) is 0 Å². The molecule has 2 aliphatic heterocycles. The van der Waals surface area contributed by atoms with Crippen molar-refractivity contribution in [3.05, 3.63) is 60.3 Å². The molecule has 1 saturated heterocycles. The number of piperidine rings is 1. The summed E-state index contributed by atoms with van der Waals surface area (Å²) in [6, 6.07) is 15.8. The number of carbonyl (C=O) groups is 1. The van der Waals surface area contributed by atoms with Gasteiger partial charge in [-0.2, -0.15) is 5.10 Å². The van der Waals surface area contributed by atoms with E-state index >= 15 is 0 Å². The molecule has 1 N–H and O–H groups in total. The number of amides is 2. The molecule has 29 heavy (non-hydrogen) atoms. The van der Waals surface area contributed by atoms with Crippen molar-refractivity contribution < 1.29 is 4.79 Å². The maximum absolute atomic E-state index is 13.2. The van der Waals surface area contributed by atoms with Gasteiger partial charge < -0.3 is 4.90 Å². The Bertz CT molecular complexity index is 1050. The molecule has 7 nitrogen and oxygen atoms in total. The van der Waals surface area contributed by atoms with Gasteiger partial charge >= 0.3 is 6.03 Å². The van der Waals surface area contributed by atoms with Crippen LogP contribution < -0.4 is 15.1 Å². The Hall–Kier alpha value is -3.48. The minimum atomic E-state index is -0.216. The molecule has 2 aromatic heterocycles. The van der Waals surface area contributed by atoms with E-state index in [9.17, 15) is 4.79 Å². The smallest absolute Gasteiger partial charge is 0.329 e. The summed E-state index contributed by atoms with van der Waals surface area (Å²) in [6.45, 7) is 3.89. The first-order chi connectivity index (χ1) is 14.2. The van der Waals surface area contributed by atoms with Crippen molar-refractivity contribution in [2.75, 3.05) is 28.2 Å². The van der Waals surface area contributed by atoms with Crippen LogP contribution in [0, 0.1) is 6.92 Å². The predicted octanol–water partition coefficient (Wildman–Crippen LogP) is 3.87. The Kier molecular flexibility index (Phi) is 4.35. The number of hydrogen-bond acceptors (Lipinski definition) is 5. The molecule has 0 unspecified atom stereocenters. The SMILES string of the molecule is Cc1cccc(-c2ccc3c(n2)N(C(=O)Nc2cccnn2)[C@@H]2CCCN3C2)c1. The summed E-state index contributed by atoms with van der Waals surface area (Å²) >= 11 is 0. The standard InChI is InChI=1S/C22H22N6O/c1-15-5-2-6-16(13-15)18-9-10-19-21(24-18)28(17-7-4-12-27(19)14-17)22(29)25-20-8-3-11-23-26-20/h2-3,5-6,8-11,13,17H,4,7,12,14H2,1H3,(H,25,26,29)/t17-/m1/s1. The number of nitrogens with zero attached hydrogens (tertiary/aromatic N) is 5. The zero-order chi connectivity index (χ0) is 19.8. The first kappa shape index (κ1) is 17.6. The summed E-state index contributed by atoms with van der Waals surface area (Å²) in [7, 11) is 0. The van der Waals surface area contributed by atoms with E-state index in [1.807, 2.05) is 12.1 Å². The molecule has 1 atom stereocenters. The third-order valence-corrected chi connectivity index (χ3v) is 5.53. The molecule has 0 saturated carbocycles. The van der Waals surface area contributed by atoms with Gasteiger partial charge in [-0.1, -0.05) is 23.8 Å². The van der Waals surface area contributed by atoms with Crippen molar-refractivity contribution in [1.82, 2.24) is 15.2 Å². The molecule has 7 heteroatoms. The quantitative estimate of drug-likeness (QED) is 0.724. The number of pyridine rings is 1. The van der Waals surface area contributed by atoms with Crippen LogP contribution in [0.2, 0.25) is 0 Å². The number of hydrogen-bond donors (Lipinski definition) is 1. The lowest BCUT2D eigenvalue weighted by atomic mass is 9.99.